The van der Waals surface area contributed by atoms with Crippen LogP contribution in [0.5, 0.6) is 0 Å². The molecule has 16 heavy (non-hydrogen) atoms. The van der Waals surface area contributed by atoms with Crippen LogP contribution in [0.3, 0.4) is 0 Å². The first-order chi connectivity index (χ1) is 7.45. The summed E-state index contributed by atoms with van der Waals surface area (Å²) in [6.45, 7) is 8.81. The lowest BCUT2D eigenvalue weighted by Crippen LogP contribution is -2.38. The van der Waals surface area contributed by atoms with E-state index >= 15 is 0 Å². The molecule has 0 heterocycles. The lowest BCUT2D eigenvalue weighted by molar-refractivity contribution is -0.0379. The molecule has 0 N–H and O–H groups in total. The van der Waals surface area contributed by atoms with Crippen molar-refractivity contribution in [2.24, 2.45) is 11.3 Å². The van der Waals surface area contributed by atoms with Crippen LogP contribution in [0.2, 0.25) is 0 Å². The molecule has 0 aliphatic heterocycles. The maximum absolute atomic E-state index is 11.3. The first-order valence-corrected chi connectivity index (χ1v) is 6.28. The van der Waals surface area contributed by atoms with E-state index in [1.54, 1.807) is 6.92 Å². The van der Waals surface area contributed by atoms with Gasteiger partial charge in [-0.3, -0.25) is 0 Å². The molecule has 0 aromatic rings. The average Bonchev–Trinajstić information content (AvgIpc) is 2.17. The molecule has 0 unspecified atom stereocenters. The minimum Gasteiger partial charge on any atom is -0.435 e. The van der Waals surface area contributed by atoms with Crippen LogP contribution in [-0.4, -0.2) is 18.9 Å². The second-order valence-corrected chi connectivity index (χ2v) is 5.60. The van der Waals surface area contributed by atoms with Crippen LogP contribution in [0.4, 0.5) is 4.79 Å². The highest BCUT2D eigenvalue weighted by molar-refractivity contribution is 5.60. The van der Waals surface area contributed by atoms with Crippen LogP contribution >= 0.6 is 0 Å². The summed E-state index contributed by atoms with van der Waals surface area (Å²) >= 11 is 0. The Hall–Kier alpha value is -0.730. The second-order valence-electron chi connectivity index (χ2n) is 5.60. The summed E-state index contributed by atoms with van der Waals surface area (Å²) in [4.78, 5) is 11.3. The Kier molecular flexibility index (Phi) is 4.63. The van der Waals surface area contributed by atoms with E-state index in [1.807, 2.05) is 0 Å². The minimum absolute atomic E-state index is 0.0350. The van der Waals surface area contributed by atoms with Gasteiger partial charge in [-0.1, -0.05) is 27.2 Å². The zero-order valence-electron chi connectivity index (χ0n) is 10.9. The van der Waals surface area contributed by atoms with Gasteiger partial charge in [-0.05, 0) is 31.6 Å². The fraction of sp³-hybridized carbons (Fsp3) is 0.923. The monoisotopic (exact) mass is 228 g/mol. The molecule has 0 spiro atoms. The van der Waals surface area contributed by atoms with Gasteiger partial charge >= 0.3 is 6.16 Å². The zero-order valence-corrected chi connectivity index (χ0v) is 10.9. The molecule has 1 fully saturated rings. The summed E-state index contributed by atoms with van der Waals surface area (Å²) in [6, 6.07) is 0. The number of ether oxygens (including phenoxy) is 2. The normalized spacial score (nSPS) is 26.2. The fourth-order valence-corrected chi connectivity index (χ4v) is 2.50. The molecule has 0 radical (unpaired) electrons. The third-order valence-electron chi connectivity index (χ3n) is 3.32. The van der Waals surface area contributed by atoms with Crippen LogP contribution in [0.25, 0.3) is 0 Å². The van der Waals surface area contributed by atoms with Crippen molar-refractivity contribution in [2.45, 2.75) is 59.5 Å². The third kappa shape index (κ3) is 3.69. The van der Waals surface area contributed by atoms with Crippen LogP contribution < -0.4 is 0 Å². The van der Waals surface area contributed by atoms with Crippen molar-refractivity contribution in [1.29, 1.82) is 0 Å². The largest absolute Gasteiger partial charge is 0.508 e. The van der Waals surface area contributed by atoms with Gasteiger partial charge in [0.25, 0.3) is 0 Å². The van der Waals surface area contributed by atoms with E-state index in [0.717, 1.165) is 19.3 Å². The van der Waals surface area contributed by atoms with Gasteiger partial charge in [-0.25, -0.2) is 4.79 Å². The summed E-state index contributed by atoms with van der Waals surface area (Å²) < 4.78 is 10.3. The fourth-order valence-electron chi connectivity index (χ4n) is 2.50. The summed E-state index contributed by atoms with van der Waals surface area (Å²) in [6.07, 6.45) is 4.03. The first kappa shape index (κ1) is 13.3. The Morgan fingerprint density at radius 1 is 1.25 bits per heavy atom. The number of carbonyl (C=O) groups excluding carboxylic acids is 1. The Bertz CT molecular complexity index is 230. The van der Waals surface area contributed by atoms with Gasteiger partial charge in [0.1, 0.15) is 6.10 Å². The second kappa shape index (κ2) is 5.55. The highest BCUT2D eigenvalue weighted by Gasteiger charge is 2.36. The van der Waals surface area contributed by atoms with E-state index in [0.29, 0.717) is 12.5 Å². The van der Waals surface area contributed by atoms with Crippen molar-refractivity contribution < 1.29 is 14.3 Å². The first-order valence-electron chi connectivity index (χ1n) is 6.28. The molecule has 1 aliphatic carbocycles. The van der Waals surface area contributed by atoms with Gasteiger partial charge < -0.3 is 9.47 Å². The van der Waals surface area contributed by atoms with Crippen molar-refractivity contribution in [3.63, 3.8) is 0 Å². The lowest BCUT2D eigenvalue weighted by Gasteiger charge is -2.39. The van der Waals surface area contributed by atoms with Gasteiger partial charge in [0, 0.05) is 5.92 Å². The number of hydrogen-bond acceptors (Lipinski definition) is 3. The summed E-state index contributed by atoms with van der Waals surface area (Å²) in [5.41, 5.74) is 0.192. The molecule has 3 heteroatoms. The molecule has 0 aromatic heterocycles. The van der Waals surface area contributed by atoms with Gasteiger partial charge in [-0.15, -0.1) is 0 Å². The molecule has 2 atom stereocenters. The highest BCUT2D eigenvalue weighted by atomic mass is 16.7. The van der Waals surface area contributed by atoms with Crippen LogP contribution in [0.15, 0.2) is 0 Å². The van der Waals surface area contributed by atoms with Gasteiger partial charge in [-0.2, -0.15) is 0 Å². The molecule has 0 saturated heterocycles. The quantitative estimate of drug-likeness (QED) is 0.675. The van der Waals surface area contributed by atoms with E-state index < -0.39 is 6.16 Å². The van der Waals surface area contributed by atoms with Crippen molar-refractivity contribution in [2.75, 3.05) is 6.61 Å². The summed E-state index contributed by atoms with van der Waals surface area (Å²) in [7, 11) is 0. The van der Waals surface area contributed by atoms with Crippen molar-refractivity contribution in [1.82, 2.24) is 0 Å². The van der Waals surface area contributed by atoms with Crippen molar-refractivity contribution in [3.8, 4) is 0 Å². The molecule has 1 aliphatic rings. The Morgan fingerprint density at radius 2 is 1.88 bits per heavy atom. The maximum atomic E-state index is 11.3. The third-order valence-corrected chi connectivity index (χ3v) is 3.32. The van der Waals surface area contributed by atoms with Crippen LogP contribution in [-0.2, 0) is 9.47 Å². The van der Waals surface area contributed by atoms with Gasteiger partial charge in [0.2, 0.25) is 0 Å². The number of rotatable bonds is 2. The predicted octanol–water partition coefficient (Wildman–Crippen LogP) is 3.76. The van der Waals surface area contributed by atoms with Gasteiger partial charge in [0.15, 0.2) is 0 Å². The van der Waals surface area contributed by atoms with E-state index in [2.05, 4.69) is 20.8 Å². The SMILES string of the molecule is CCOC(=O)O[C@H]1CCCC[C@H]1C(C)(C)C. The minimum atomic E-state index is -0.511. The lowest BCUT2D eigenvalue weighted by atomic mass is 9.71. The molecule has 0 bridgehead atoms. The molecule has 0 amide bonds. The van der Waals surface area contributed by atoms with E-state index in [4.69, 9.17) is 9.47 Å². The molecule has 94 valence electrons. The molecule has 0 aromatic carbocycles. The molecular weight excluding hydrogens is 204 g/mol. The van der Waals surface area contributed by atoms with Crippen LogP contribution in [0.1, 0.15) is 53.4 Å². The zero-order chi connectivity index (χ0) is 12.2. The topological polar surface area (TPSA) is 35.5 Å². The number of hydrogen-bond donors (Lipinski definition) is 0. The predicted molar refractivity (Wildman–Crippen MR) is 63.3 cm³/mol. The average molecular weight is 228 g/mol. The number of carbonyl (C=O) groups is 1. The molecular formula is C13H24O3. The highest BCUT2D eigenvalue weighted by Crippen LogP contribution is 2.39. The van der Waals surface area contributed by atoms with E-state index in [9.17, 15) is 4.79 Å². The summed E-state index contributed by atoms with van der Waals surface area (Å²) in [5.74, 6) is 0.450. The smallest absolute Gasteiger partial charge is 0.435 e. The van der Waals surface area contributed by atoms with Crippen LogP contribution in [0, 0.1) is 11.3 Å². The maximum Gasteiger partial charge on any atom is 0.508 e. The molecule has 3 nitrogen and oxygen atoms in total. The Labute approximate surface area is 98.5 Å². The molecule has 1 rings (SSSR count). The van der Waals surface area contributed by atoms with Crippen molar-refractivity contribution >= 4 is 6.16 Å². The molecule has 1 saturated carbocycles. The standard InChI is InChI=1S/C13H24O3/c1-5-15-12(14)16-11-9-7-6-8-10(11)13(2,3)4/h10-11H,5-9H2,1-4H3/t10-,11+/m1/s1. The van der Waals surface area contributed by atoms with Gasteiger partial charge in [0.05, 0.1) is 6.61 Å². The van der Waals surface area contributed by atoms with E-state index in [1.165, 1.54) is 6.42 Å². The Balaban J connectivity index is 2.57. The van der Waals surface area contributed by atoms with E-state index in [-0.39, 0.29) is 11.5 Å². The van der Waals surface area contributed by atoms with Crippen molar-refractivity contribution in [3.05, 3.63) is 0 Å². The summed E-state index contributed by atoms with van der Waals surface area (Å²) in [5, 5.41) is 0. The Morgan fingerprint density at radius 3 is 2.44 bits per heavy atom.